The summed E-state index contributed by atoms with van der Waals surface area (Å²) in [5.41, 5.74) is -1.92. The van der Waals surface area contributed by atoms with Gasteiger partial charge in [-0.25, -0.2) is 0 Å². The highest BCUT2D eigenvalue weighted by Gasteiger charge is 2.51. The molecule has 1 saturated carbocycles. The maximum absolute atomic E-state index is 10.5. The van der Waals surface area contributed by atoms with Gasteiger partial charge in [0.2, 0.25) is 0 Å². The quantitative estimate of drug-likeness (QED) is 0.200. The fourth-order valence-corrected chi connectivity index (χ4v) is 5.85. The minimum Gasteiger partial charge on any atom is -0.393 e. The van der Waals surface area contributed by atoms with Crippen LogP contribution >= 0.6 is 0 Å². The first-order valence-corrected chi connectivity index (χ1v) is 12.6. The van der Waals surface area contributed by atoms with Gasteiger partial charge in [0.1, 0.15) is 36.1 Å². The Bertz CT molecular complexity index is 676. The van der Waals surface area contributed by atoms with Crippen molar-refractivity contribution in [1.82, 2.24) is 0 Å². The Morgan fingerprint density at radius 1 is 1.06 bits per heavy atom. The zero-order valence-electron chi connectivity index (χ0n) is 21.1. The number of hydrogen-bond acceptors (Lipinski definition) is 11. The van der Waals surface area contributed by atoms with Crippen molar-refractivity contribution < 1.29 is 54.7 Å². The molecule has 3 rings (SSSR count). The molecular formula is C24H44O11. The Morgan fingerprint density at radius 3 is 2.31 bits per heavy atom. The Labute approximate surface area is 206 Å². The predicted molar refractivity (Wildman–Crippen MR) is 122 cm³/mol. The highest BCUT2D eigenvalue weighted by atomic mass is 16.7. The van der Waals surface area contributed by atoms with Crippen LogP contribution in [0, 0.1) is 17.3 Å². The largest absolute Gasteiger partial charge is 0.393 e. The van der Waals surface area contributed by atoms with Crippen molar-refractivity contribution in [3.63, 3.8) is 0 Å². The van der Waals surface area contributed by atoms with Crippen molar-refractivity contribution in [3.8, 4) is 0 Å². The normalized spacial score (nSPS) is 47.1. The third kappa shape index (κ3) is 6.53. The van der Waals surface area contributed by atoms with E-state index >= 15 is 0 Å². The molecule has 0 aromatic carbocycles. The summed E-state index contributed by atoms with van der Waals surface area (Å²) in [6.07, 6.45) is -7.08. The molecule has 206 valence electrons. The first-order valence-electron chi connectivity index (χ1n) is 12.6. The van der Waals surface area contributed by atoms with Gasteiger partial charge in [0.25, 0.3) is 0 Å². The molecule has 12 atom stereocenters. The molecule has 2 aliphatic heterocycles. The van der Waals surface area contributed by atoms with Crippen LogP contribution in [0.3, 0.4) is 0 Å². The molecule has 0 aromatic heterocycles. The van der Waals surface area contributed by atoms with Gasteiger partial charge in [-0.1, -0.05) is 20.8 Å². The van der Waals surface area contributed by atoms with E-state index in [2.05, 4.69) is 20.8 Å². The van der Waals surface area contributed by atoms with E-state index in [1.54, 1.807) is 6.92 Å². The van der Waals surface area contributed by atoms with E-state index in [1.165, 1.54) is 0 Å². The number of aliphatic hydroxyl groups is 7. The van der Waals surface area contributed by atoms with E-state index in [-0.39, 0.29) is 30.8 Å². The van der Waals surface area contributed by atoms with E-state index in [0.717, 1.165) is 19.3 Å². The third-order valence-electron chi connectivity index (χ3n) is 7.97. The summed E-state index contributed by atoms with van der Waals surface area (Å²) in [6.45, 7) is 6.91. The molecule has 0 spiro atoms. The van der Waals surface area contributed by atoms with E-state index in [0.29, 0.717) is 18.3 Å². The molecule has 1 aliphatic carbocycles. The van der Waals surface area contributed by atoms with Crippen molar-refractivity contribution in [3.05, 3.63) is 0 Å². The van der Waals surface area contributed by atoms with Crippen LogP contribution in [0.4, 0.5) is 0 Å². The first-order chi connectivity index (χ1) is 16.3. The van der Waals surface area contributed by atoms with Gasteiger partial charge in [-0.05, 0) is 49.9 Å². The maximum Gasteiger partial charge on any atom is 0.186 e. The number of ether oxygens (including phenoxy) is 4. The maximum atomic E-state index is 10.5. The summed E-state index contributed by atoms with van der Waals surface area (Å²) in [6, 6.07) is 0. The van der Waals surface area contributed by atoms with Crippen molar-refractivity contribution >= 4 is 0 Å². The highest BCUT2D eigenvalue weighted by molar-refractivity contribution is 4.95. The van der Waals surface area contributed by atoms with Crippen molar-refractivity contribution in [2.45, 2.75) is 114 Å². The lowest BCUT2D eigenvalue weighted by Crippen LogP contribution is -2.60. The first kappa shape index (κ1) is 29.1. The Balaban J connectivity index is 1.59. The number of aliphatic hydroxyl groups excluding tert-OH is 6. The van der Waals surface area contributed by atoms with Crippen LogP contribution in [0.5, 0.6) is 0 Å². The molecule has 11 nitrogen and oxygen atoms in total. The summed E-state index contributed by atoms with van der Waals surface area (Å²) in [4.78, 5) is 0. The van der Waals surface area contributed by atoms with Crippen LogP contribution in [0.25, 0.3) is 0 Å². The van der Waals surface area contributed by atoms with Gasteiger partial charge >= 0.3 is 0 Å². The van der Waals surface area contributed by atoms with Crippen LogP contribution in [0.2, 0.25) is 0 Å². The van der Waals surface area contributed by atoms with Gasteiger partial charge in [-0.3, -0.25) is 0 Å². The zero-order valence-corrected chi connectivity index (χ0v) is 21.1. The molecule has 7 N–H and O–H groups in total. The van der Waals surface area contributed by atoms with Crippen molar-refractivity contribution in [2.75, 3.05) is 19.8 Å². The minimum absolute atomic E-state index is 0.0725. The molecule has 0 bridgehead atoms. The van der Waals surface area contributed by atoms with Gasteiger partial charge in [0.05, 0.1) is 32.0 Å². The van der Waals surface area contributed by atoms with Gasteiger partial charge in [0.15, 0.2) is 12.6 Å². The van der Waals surface area contributed by atoms with Crippen molar-refractivity contribution in [2.24, 2.45) is 17.3 Å². The monoisotopic (exact) mass is 508 g/mol. The molecule has 0 aromatic rings. The summed E-state index contributed by atoms with van der Waals surface area (Å²) in [5, 5.41) is 70.5. The van der Waals surface area contributed by atoms with Gasteiger partial charge in [-0.15, -0.1) is 0 Å². The van der Waals surface area contributed by atoms with Crippen molar-refractivity contribution in [1.29, 1.82) is 0 Å². The van der Waals surface area contributed by atoms with Crippen LogP contribution in [0.15, 0.2) is 0 Å². The zero-order chi connectivity index (χ0) is 26.1. The van der Waals surface area contributed by atoms with Crippen LogP contribution < -0.4 is 0 Å². The molecule has 3 aliphatic rings. The SMILES string of the molecule is CC(O)CC[C@H]1[C@H](C)C[C@H](O[C@@H]2O[C@H](CO[C@@H]3OC[C@](O)(CO)[C@H]3O)[C@@H](O)[C@H](O)[C@H]2O)CC1(C)C. The average Bonchev–Trinajstić information content (AvgIpc) is 3.06. The second-order valence-electron chi connectivity index (χ2n) is 11.4. The van der Waals surface area contributed by atoms with E-state index in [9.17, 15) is 35.7 Å². The van der Waals surface area contributed by atoms with Gasteiger partial charge < -0.3 is 54.7 Å². The summed E-state index contributed by atoms with van der Waals surface area (Å²) >= 11 is 0. The summed E-state index contributed by atoms with van der Waals surface area (Å²) in [5.74, 6) is 0.710. The topological polar surface area (TPSA) is 179 Å². The van der Waals surface area contributed by atoms with Crippen LogP contribution in [-0.4, -0.2) is 116 Å². The summed E-state index contributed by atoms with van der Waals surface area (Å²) < 4.78 is 22.5. The van der Waals surface area contributed by atoms with Gasteiger partial charge in [0, 0.05) is 0 Å². The molecule has 35 heavy (non-hydrogen) atoms. The molecule has 1 unspecified atom stereocenters. The van der Waals surface area contributed by atoms with E-state index < -0.39 is 55.3 Å². The van der Waals surface area contributed by atoms with Crippen LogP contribution in [-0.2, 0) is 18.9 Å². The van der Waals surface area contributed by atoms with E-state index in [1.807, 2.05) is 0 Å². The molecule has 0 radical (unpaired) electrons. The minimum atomic E-state index is -1.85. The third-order valence-corrected chi connectivity index (χ3v) is 7.97. The van der Waals surface area contributed by atoms with Gasteiger partial charge in [-0.2, -0.15) is 0 Å². The lowest BCUT2D eigenvalue weighted by molar-refractivity contribution is -0.323. The Hall–Kier alpha value is -0.440. The number of hydrogen-bond donors (Lipinski definition) is 7. The Morgan fingerprint density at radius 2 is 1.74 bits per heavy atom. The smallest absolute Gasteiger partial charge is 0.186 e. The lowest BCUT2D eigenvalue weighted by atomic mass is 9.61. The van der Waals surface area contributed by atoms with Crippen LogP contribution in [0.1, 0.15) is 53.4 Å². The molecule has 11 heteroatoms. The highest BCUT2D eigenvalue weighted by Crippen LogP contribution is 2.47. The van der Waals surface area contributed by atoms with E-state index in [4.69, 9.17) is 18.9 Å². The second-order valence-corrected chi connectivity index (χ2v) is 11.4. The molecular weight excluding hydrogens is 464 g/mol. The Kier molecular flexibility index (Phi) is 9.59. The second kappa shape index (κ2) is 11.5. The fourth-order valence-electron chi connectivity index (χ4n) is 5.85. The molecule has 0 amide bonds. The molecule has 3 fully saturated rings. The average molecular weight is 509 g/mol. The standard InChI is InChI=1S/C24H44O11/c1-12-7-14(8-23(3,4)15(12)6-5-13(2)26)34-21-19(29)18(28)17(27)16(35-21)9-32-22-20(30)24(31,10-25)11-33-22/h12-22,25-31H,5-11H2,1-4H3/t12-,13?,14+,15+,16-,17-,18+,19-,20+,21-,22-,24-/m1/s1. The molecule has 2 heterocycles. The molecule has 2 saturated heterocycles. The fraction of sp³-hybridized carbons (Fsp3) is 1.00. The number of rotatable bonds is 9. The summed E-state index contributed by atoms with van der Waals surface area (Å²) in [7, 11) is 0. The lowest BCUT2D eigenvalue weighted by Gasteiger charge is -2.48. The predicted octanol–water partition coefficient (Wildman–Crippen LogP) is -1.13.